The second-order valence-corrected chi connectivity index (χ2v) is 9.17. The molecule has 0 radical (unpaired) electrons. The first-order valence-corrected chi connectivity index (χ1v) is 12.3. The smallest absolute Gasteiger partial charge is 0.202 e. The molecular formula is C25H36Cl2N3+. The number of amidine groups is 1. The van der Waals surface area contributed by atoms with E-state index in [1.54, 1.807) is 6.20 Å². The summed E-state index contributed by atoms with van der Waals surface area (Å²) in [6.45, 7) is 2.79. The molecule has 0 amide bonds. The molecule has 0 saturated heterocycles. The van der Waals surface area contributed by atoms with Crippen molar-refractivity contribution in [2.24, 2.45) is 4.99 Å². The van der Waals surface area contributed by atoms with Gasteiger partial charge in [-0.3, -0.25) is 0 Å². The van der Waals surface area contributed by atoms with Gasteiger partial charge in [0.2, 0.25) is 5.84 Å². The fraction of sp³-hybridized carbons (Fsp3) is 0.600. The summed E-state index contributed by atoms with van der Waals surface area (Å²) in [7, 11) is 0. The van der Waals surface area contributed by atoms with Gasteiger partial charge in [0.1, 0.15) is 12.7 Å². The van der Waals surface area contributed by atoms with Crippen molar-refractivity contribution in [1.82, 2.24) is 0 Å². The van der Waals surface area contributed by atoms with Crippen LogP contribution in [0.2, 0.25) is 10.0 Å². The molecule has 2 rings (SSSR count). The molecule has 1 unspecified atom stereocenters. The highest BCUT2D eigenvalue weighted by Crippen LogP contribution is 2.26. The van der Waals surface area contributed by atoms with Crippen molar-refractivity contribution >= 4 is 29.0 Å². The van der Waals surface area contributed by atoms with Gasteiger partial charge in [-0.1, -0.05) is 87.1 Å². The Hall–Kier alpha value is -1.34. The summed E-state index contributed by atoms with van der Waals surface area (Å²) in [6.07, 6.45) is 22.4. The van der Waals surface area contributed by atoms with Crippen molar-refractivity contribution in [2.45, 2.75) is 90.4 Å². The van der Waals surface area contributed by atoms with Gasteiger partial charge in [0.25, 0.3) is 0 Å². The van der Waals surface area contributed by atoms with E-state index in [9.17, 15) is 5.26 Å². The van der Waals surface area contributed by atoms with Crippen molar-refractivity contribution in [3.8, 4) is 6.19 Å². The third-order valence-corrected chi connectivity index (χ3v) is 6.80. The second kappa shape index (κ2) is 13.9. The minimum atomic E-state index is 0.283. The van der Waals surface area contributed by atoms with Crippen molar-refractivity contribution in [1.29, 1.82) is 5.26 Å². The number of halogens is 2. The van der Waals surface area contributed by atoms with Crippen LogP contribution in [-0.2, 0) is 6.42 Å². The van der Waals surface area contributed by atoms with E-state index in [-0.39, 0.29) is 4.48 Å². The van der Waals surface area contributed by atoms with E-state index in [1.807, 2.05) is 31.3 Å². The van der Waals surface area contributed by atoms with E-state index in [0.717, 1.165) is 47.3 Å². The molecule has 1 aromatic rings. The van der Waals surface area contributed by atoms with Gasteiger partial charge < -0.3 is 0 Å². The normalized spacial score (nSPS) is 17.9. The Bertz CT molecular complexity index is 731. The molecule has 0 N–H and O–H groups in total. The van der Waals surface area contributed by atoms with Crippen LogP contribution >= 0.6 is 23.2 Å². The average Bonchev–Trinajstić information content (AvgIpc) is 3.10. The average molecular weight is 449 g/mol. The highest BCUT2D eigenvalue weighted by molar-refractivity contribution is 6.35. The summed E-state index contributed by atoms with van der Waals surface area (Å²) >= 11 is 12.4. The molecule has 1 aliphatic heterocycles. The van der Waals surface area contributed by atoms with Gasteiger partial charge in [-0.2, -0.15) is 4.48 Å². The van der Waals surface area contributed by atoms with Gasteiger partial charge >= 0.3 is 6.19 Å². The fourth-order valence-electron chi connectivity index (χ4n) is 4.06. The highest BCUT2D eigenvalue weighted by atomic mass is 35.5. The van der Waals surface area contributed by atoms with Gasteiger partial charge in [0.05, 0.1) is 6.20 Å². The zero-order chi connectivity index (χ0) is 21.7. The molecule has 0 bridgehead atoms. The predicted molar refractivity (Wildman–Crippen MR) is 129 cm³/mol. The molecule has 1 aromatic carbocycles. The second-order valence-electron chi connectivity index (χ2n) is 8.36. The zero-order valence-electron chi connectivity index (χ0n) is 18.4. The van der Waals surface area contributed by atoms with E-state index in [1.165, 1.54) is 64.2 Å². The van der Waals surface area contributed by atoms with Crippen LogP contribution in [0.15, 0.2) is 35.6 Å². The molecule has 0 spiro atoms. The van der Waals surface area contributed by atoms with Crippen molar-refractivity contribution < 1.29 is 4.48 Å². The number of nitriles is 1. The maximum absolute atomic E-state index is 9.43. The maximum atomic E-state index is 9.43. The lowest BCUT2D eigenvalue weighted by Gasteiger charge is -2.20. The Labute approximate surface area is 193 Å². The van der Waals surface area contributed by atoms with Crippen LogP contribution in [0.1, 0.15) is 89.5 Å². The largest absolute Gasteiger partial charge is 0.320 e. The Morgan fingerprint density at radius 3 is 1.80 bits per heavy atom. The zero-order valence-corrected chi connectivity index (χ0v) is 19.9. The first kappa shape index (κ1) is 24.9. The third-order valence-electron chi connectivity index (χ3n) is 6.09. The molecule has 5 heteroatoms. The van der Waals surface area contributed by atoms with Crippen LogP contribution in [0, 0.1) is 11.5 Å². The molecule has 0 saturated carbocycles. The predicted octanol–water partition coefficient (Wildman–Crippen LogP) is 8.42. The van der Waals surface area contributed by atoms with Gasteiger partial charge in [0, 0.05) is 17.0 Å². The van der Waals surface area contributed by atoms with E-state index >= 15 is 0 Å². The first-order chi connectivity index (χ1) is 14.6. The highest BCUT2D eigenvalue weighted by Gasteiger charge is 2.32. The monoisotopic (exact) mass is 448 g/mol. The standard InChI is InChI=1S/C25H36Cl2N3/c1-22-29-18-20-30(22,21-28)19-13-11-9-7-5-3-2-4-6-8-10-12-15-23-24(26)16-14-17-25(23)27/h14,16-18,20H,2-13,15,19H2,1H3/q+1. The molecule has 164 valence electrons. The summed E-state index contributed by atoms with van der Waals surface area (Å²) in [6, 6.07) is 5.75. The van der Waals surface area contributed by atoms with Gasteiger partial charge in [-0.05, 0) is 43.4 Å². The summed E-state index contributed by atoms with van der Waals surface area (Å²) in [5.74, 6) is 0.894. The van der Waals surface area contributed by atoms with Crippen LogP contribution in [0.25, 0.3) is 0 Å². The number of rotatable bonds is 15. The molecule has 1 heterocycles. The summed E-state index contributed by atoms with van der Waals surface area (Å²) in [5, 5.41) is 11.0. The van der Waals surface area contributed by atoms with Crippen LogP contribution in [0.5, 0.6) is 0 Å². The number of hydrogen-bond acceptors (Lipinski definition) is 2. The van der Waals surface area contributed by atoms with Gasteiger partial charge in [-0.25, -0.2) is 4.99 Å². The molecule has 0 aliphatic carbocycles. The fourth-order valence-corrected chi connectivity index (χ4v) is 4.65. The number of nitrogens with zero attached hydrogens (tertiary/aromatic N) is 3. The Morgan fingerprint density at radius 2 is 1.33 bits per heavy atom. The van der Waals surface area contributed by atoms with E-state index in [2.05, 4.69) is 11.2 Å². The minimum absolute atomic E-state index is 0.283. The summed E-state index contributed by atoms with van der Waals surface area (Å²) in [4.78, 5) is 4.24. The van der Waals surface area contributed by atoms with Gasteiger partial charge in [0.15, 0.2) is 0 Å². The molecular weight excluding hydrogens is 413 g/mol. The molecule has 0 aromatic heterocycles. The lowest BCUT2D eigenvalue weighted by molar-refractivity contribution is -0.714. The lowest BCUT2D eigenvalue weighted by Crippen LogP contribution is -2.40. The van der Waals surface area contributed by atoms with E-state index < -0.39 is 0 Å². The topological polar surface area (TPSA) is 36.1 Å². The van der Waals surface area contributed by atoms with Crippen molar-refractivity contribution in [3.63, 3.8) is 0 Å². The van der Waals surface area contributed by atoms with Crippen LogP contribution < -0.4 is 0 Å². The Kier molecular flexibility index (Phi) is 11.5. The number of benzene rings is 1. The maximum Gasteiger partial charge on any atom is 0.320 e. The van der Waals surface area contributed by atoms with Crippen LogP contribution in [-0.4, -0.2) is 16.9 Å². The van der Waals surface area contributed by atoms with E-state index in [4.69, 9.17) is 23.2 Å². The van der Waals surface area contributed by atoms with Gasteiger partial charge in [-0.15, -0.1) is 5.26 Å². The minimum Gasteiger partial charge on any atom is -0.202 e. The van der Waals surface area contributed by atoms with Crippen LogP contribution in [0.3, 0.4) is 0 Å². The first-order valence-electron chi connectivity index (χ1n) is 11.5. The van der Waals surface area contributed by atoms with Crippen LogP contribution in [0.4, 0.5) is 0 Å². The lowest BCUT2D eigenvalue weighted by atomic mass is 10.0. The quantitative estimate of drug-likeness (QED) is 0.150. The van der Waals surface area contributed by atoms with Crippen molar-refractivity contribution in [3.05, 3.63) is 46.2 Å². The molecule has 1 aliphatic rings. The Balaban J connectivity index is 1.37. The summed E-state index contributed by atoms with van der Waals surface area (Å²) in [5.41, 5.74) is 1.10. The Morgan fingerprint density at radius 1 is 0.833 bits per heavy atom. The number of quaternary nitrogens is 1. The molecule has 0 fully saturated rings. The van der Waals surface area contributed by atoms with E-state index in [0.29, 0.717) is 0 Å². The number of hydrogen-bond donors (Lipinski definition) is 0. The molecule has 30 heavy (non-hydrogen) atoms. The molecule has 3 nitrogen and oxygen atoms in total. The number of aliphatic imine (C=N–C) groups is 1. The summed E-state index contributed by atoms with van der Waals surface area (Å²) < 4.78 is 0.283. The molecule has 1 atom stereocenters. The van der Waals surface area contributed by atoms with Crippen molar-refractivity contribution in [2.75, 3.05) is 6.54 Å². The third kappa shape index (κ3) is 8.06. The SMILES string of the molecule is CC1=NC=C[N+]1(C#N)CCCCCCCCCCCCCCc1c(Cl)cccc1Cl. The number of unbranched alkanes of at least 4 members (excludes halogenated alkanes) is 11.